The summed E-state index contributed by atoms with van der Waals surface area (Å²) in [7, 11) is 0. The molecule has 1 aromatic carbocycles. The highest BCUT2D eigenvalue weighted by Gasteiger charge is 2.16. The maximum atomic E-state index is 12.1. The van der Waals surface area contributed by atoms with E-state index in [4.69, 9.17) is 9.47 Å². The fraction of sp³-hybridized carbons (Fsp3) is 0.333. The molecular weight excluding hydrogens is 383 g/mol. The van der Waals surface area contributed by atoms with Crippen LogP contribution >= 0.6 is 22.6 Å². The Morgan fingerprint density at radius 3 is 2.67 bits per heavy atom. The quantitative estimate of drug-likeness (QED) is 0.791. The van der Waals surface area contributed by atoms with Gasteiger partial charge in [-0.3, -0.25) is 4.79 Å². The molecule has 2 aromatic rings. The molecule has 0 fully saturated rings. The molecule has 2 heterocycles. The van der Waals surface area contributed by atoms with Gasteiger partial charge in [0.05, 0.1) is 9.26 Å². The number of halogens is 1. The molecule has 1 aliphatic heterocycles. The molecular formula is C15H15IN2O3. The molecule has 1 aromatic heterocycles. The third kappa shape index (κ3) is 2.76. The molecule has 1 aliphatic rings. The number of aromatic nitrogens is 2. The van der Waals surface area contributed by atoms with E-state index >= 15 is 0 Å². The first-order valence-electron chi connectivity index (χ1n) is 6.76. The number of H-pyrrole nitrogens is 1. The summed E-state index contributed by atoms with van der Waals surface area (Å²) in [5.74, 6) is 2.16. The Balaban J connectivity index is 2.10. The lowest BCUT2D eigenvalue weighted by Gasteiger charge is -2.19. The van der Waals surface area contributed by atoms with Crippen molar-refractivity contribution in [3.63, 3.8) is 0 Å². The van der Waals surface area contributed by atoms with Gasteiger partial charge in [-0.05, 0) is 46.7 Å². The van der Waals surface area contributed by atoms with E-state index in [1.54, 1.807) is 0 Å². The highest BCUT2D eigenvalue weighted by molar-refractivity contribution is 14.1. The number of hydrogen-bond acceptors (Lipinski definition) is 4. The van der Waals surface area contributed by atoms with Gasteiger partial charge in [0.25, 0.3) is 5.56 Å². The lowest BCUT2D eigenvalue weighted by atomic mass is 10.1. The lowest BCUT2D eigenvalue weighted by molar-refractivity contribution is 0.171. The summed E-state index contributed by atoms with van der Waals surface area (Å²) in [6.07, 6.45) is 0. The monoisotopic (exact) mass is 398 g/mol. The maximum Gasteiger partial charge on any atom is 0.264 e. The van der Waals surface area contributed by atoms with Gasteiger partial charge in [0.1, 0.15) is 19.0 Å². The van der Waals surface area contributed by atoms with Crippen molar-refractivity contribution < 1.29 is 9.47 Å². The molecule has 6 heteroatoms. The minimum Gasteiger partial charge on any atom is -0.486 e. The SMILES string of the molecule is CC(C)c1nc(-c2ccc3c(c2)OCCO3)[nH]c(=O)c1I. The number of fused-ring (bicyclic) bond motifs is 1. The molecule has 3 rings (SSSR count). The Labute approximate surface area is 135 Å². The highest BCUT2D eigenvalue weighted by Crippen LogP contribution is 2.33. The second-order valence-corrected chi connectivity index (χ2v) is 6.21. The van der Waals surface area contributed by atoms with Gasteiger partial charge in [-0.2, -0.15) is 0 Å². The normalized spacial score (nSPS) is 13.5. The van der Waals surface area contributed by atoms with Crippen LogP contribution in [-0.4, -0.2) is 23.2 Å². The standard InChI is InChI=1S/C15H15IN2O3/c1-8(2)13-12(16)15(19)18-14(17-13)9-3-4-10-11(7-9)21-6-5-20-10/h3-4,7-8H,5-6H2,1-2H3,(H,17,18,19). The summed E-state index contributed by atoms with van der Waals surface area (Å²) in [6, 6.07) is 5.57. The second-order valence-electron chi connectivity index (χ2n) is 5.13. The Bertz CT molecular complexity index is 740. The van der Waals surface area contributed by atoms with Crippen LogP contribution in [0.25, 0.3) is 11.4 Å². The first-order valence-corrected chi connectivity index (χ1v) is 7.84. The molecule has 0 amide bonds. The molecule has 0 saturated heterocycles. The molecule has 0 spiro atoms. The van der Waals surface area contributed by atoms with E-state index in [-0.39, 0.29) is 11.5 Å². The van der Waals surface area contributed by atoms with Crippen LogP contribution in [-0.2, 0) is 0 Å². The second kappa shape index (κ2) is 5.67. The number of benzene rings is 1. The Morgan fingerprint density at radius 2 is 1.95 bits per heavy atom. The van der Waals surface area contributed by atoms with Crippen molar-refractivity contribution in [2.45, 2.75) is 19.8 Å². The van der Waals surface area contributed by atoms with Crippen LogP contribution in [0.2, 0.25) is 0 Å². The van der Waals surface area contributed by atoms with Gasteiger partial charge < -0.3 is 14.5 Å². The fourth-order valence-electron chi connectivity index (χ4n) is 2.19. The van der Waals surface area contributed by atoms with Crippen LogP contribution < -0.4 is 15.0 Å². The van der Waals surface area contributed by atoms with E-state index in [2.05, 4.69) is 9.97 Å². The number of rotatable bonds is 2. The van der Waals surface area contributed by atoms with Crippen molar-refractivity contribution in [2.24, 2.45) is 0 Å². The fourth-order valence-corrected chi connectivity index (χ4v) is 3.06. The summed E-state index contributed by atoms with van der Waals surface area (Å²) in [4.78, 5) is 19.5. The predicted molar refractivity (Wildman–Crippen MR) is 88.1 cm³/mol. The van der Waals surface area contributed by atoms with E-state index in [1.165, 1.54) is 0 Å². The average Bonchev–Trinajstić information content (AvgIpc) is 2.49. The van der Waals surface area contributed by atoms with Crippen molar-refractivity contribution in [3.8, 4) is 22.9 Å². The molecule has 5 nitrogen and oxygen atoms in total. The van der Waals surface area contributed by atoms with E-state index in [9.17, 15) is 4.79 Å². The van der Waals surface area contributed by atoms with E-state index in [1.807, 2.05) is 54.6 Å². The smallest absolute Gasteiger partial charge is 0.264 e. The topological polar surface area (TPSA) is 64.2 Å². The van der Waals surface area contributed by atoms with Gasteiger partial charge in [-0.25, -0.2) is 4.98 Å². The van der Waals surface area contributed by atoms with E-state index < -0.39 is 0 Å². The van der Waals surface area contributed by atoms with Crippen LogP contribution in [0.5, 0.6) is 11.5 Å². The largest absolute Gasteiger partial charge is 0.486 e. The zero-order chi connectivity index (χ0) is 15.0. The first kappa shape index (κ1) is 14.4. The first-order chi connectivity index (χ1) is 10.1. The number of hydrogen-bond donors (Lipinski definition) is 1. The molecule has 0 saturated carbocycles. The molecule has 0 atom stereocenters. The molecule has 0 aliphatic carbocycles. The van der Waals surface area contributed by atoms with Crippen LogP contribution in [0.15, 0.2) is 23.0 Å². The molecule has 0 unspecified atom stereocenters. The summed E-state index contributed by atoms with van der Waals surface area (Å²) >= 11 is 2.04. The average molecular weight is 398 g/mol. The van der Waals surface area contributed by atoms with Gasteiger partial charge in [-0.1, -0.05) is 13.8 Å². The summed E-state index contributed by atoms with van der Waals surface area (Å²) < 4.78 is 11.7. The van der Waals surface area contributed by atoms with Crippen LogP contribution in [0, 0.1) is 3.57 Å². The molecule has 21 heavy (non-hydrogen) atoms. The van der Waals surface area contributed by atoms with E-state index in [0.29, 0.717) is 28.4 Å². The highest BCUT2D eigenvalue weighted by atomic mass is 127. The molecule has 1 N–H and O–H groups in total. The Hall–Kier alpha value is -1.57. The lowest BCUT2D eigenvalue weighted by Crippen LogP contribution is -2.18. The van der Waals surface area contributed by atoms with Crippen LogP contribution in [0.4, 0.5) is 0 Å². The zero-order valence-corrected chi connectivity index (χ0v) is 13.9. The van der Waals surface area contributed by atoms with Gasteiger partial charge >= 0.3 is 0 Å². The van der Waals surface area contributed by atoms with Gasteiger partial charge in [0, 0.05) is 5.56 Å². The molecule has 0 radical (unpaired) electrons. The van der Waals surface area contributed by atoms with Crippen LogP contribution in [0.3, 0.4) is 0 Å². The van der Waals surface area contributed by atoms with Crippen molar-refractivity contribution in [1.29, 1.82) is 0 Å². The number of aromatic amines is 1. The summed E-state index contributed by atoms with van der Waals surface area (Å²) in [6.45, 7) is 5.14. The van der Waals surface area contributed by atoms with Crippen LogP contribution in [0.1, 0.15) is 25.5 Å². The number of ether oxygens (including phenoxy) is 2. The third-order valence-electron chi connectivity index (χ3n) is 3.25. The zero-order valence-electron chi connectivity index (χ0n) is 11.8. The van der Waals surface area contributed by atoms with Gasteiger partial charge in [0.2, 0.25) is 0 Å². The van der Waals surface area contributed by atoms with Gasteiger partial charge in [0.15, 0.2) is 11.5 Å². The Kier molecular flexibility index (Phi) is 3.88. The van der Waals surface area contributed by atoms with Crippen molar-refractivity contribution >= 4 is 22.6 Å². The summed E-state index contributed by atoms with van der Waals surface area (Å²) in [5.41, 5.74) is 1.51. The third-order valence-corrected chi connectivity index (χ3v) is 4.29. The van der Waals surface area contributed by atoms with Crippen molar-refractivity contribution in [1.82, 2.24) is 9.97 Å². The number of nitrogens with one attached hydrogen (secondary N) is 1. The number of nitrogens with zero attached hydrogens (tertiary/aromatic N) is 1. The minimum absolute atomic E-state index is 0.112. The van der Waals surface area contributed by atoms with Crippen molar-refractivity contribution in [2.75, 3.05) is 13.2 Å². The van der Waals surface area contributed by atoms with E-state index in [0.717, 1.165) is 17.0 Å². The summed E-state index contributed by atoms with van der Waals surface area (Å²) in [5, 5.41) is 0. The van der Waals surface area contributed by atoms with Crippen molar-refractivity contribution in [3.05, 3.63) is 37.8 Å². The van der Waals surface area contributed by atoms with Gasteiger partial charge in [-0.15, -0.1) is 0 Å². The Morgan fingerprint density at radius 1 is 1.24 bits per heavy atom. The molecule has 0 bridgehead atoms. The predicted octanol–water partition coefficient (Wildman–Crippen LogP) is 2.94. The maximum absolute atomic E-state index is 12.1. The minimum atomic E-state index is -0.112. The molecule has 110 valence electrons.